The van der Waals surface area contributed by atoms with Gasteiger partial charge in [-0.3, -0.25) is 0 Å². The fourth-order valence-electron chi connectivity index (χ4n) is 2.80. The van der Waals surface area contributed by atoms with Gasteiger partial charge in [-0.1, -0.05) is 59.7 Å². The highest BCUT2D eigenvalue weighted by Crippen LogP contribution is 2.34. The van der Waals surface area contributed by atoms with Gasteiger partial charge in [0.1, 0.15) is 0 Å². The maximum Gasteiger partial charge on any atom is 0.0326 e. The van der Waals surface area contributed by atoms with Crippen LogP contribution in [0.3, 0.4) is 0 Å². The zero-order valence-corrected chi connectivity index (χ0v) is 13.4. The molecule has 0 spiro atoms. The number of anilines is 1. The molecule has 0 fully saturated rings. The van der Waals surface area contributed by atoms with E-state index in [4.69, 9.17) is 5.73 Å². The molecule has 3 aromatic rings. The topological polar surface area (TPSA) is 26.0 Å². The predicted octanol–water partition coefficient (Wildman–Crippen LogP) is 5.53. The smallest absolute Gasteiger partial charge is 0.0326 e. The molecule has 0 aliphatic rings. The van der Waals surface area contributed by atoms with Crippen LogP contribution in [-0.4, -0.2) is 0 Å². The van der Waals surface area contributed by atoms with Crippen molar-refractivity contribution in [2.24, 2.45) is 0 Å². The van der Waals surface area contributed by atoms with Crippen LogP contribution < -0.4 is 5.73 Å². The second kappa shape index (κ2) is 5.69. The van der Waals surface area contributed by atoms with E-state index in [0.29, 0.717) is 0 Å². The maximum absolute atomic E-state index is 6.16. The number of nitrogen functional groups attached to an aromatic ring is 1. The quantitative estimate of drug-likeness (QED) is 0.616. The lowest BCUT2D eigenvalue weighted by Gasteiger charge is -2.14. The van der Waals surface area contributed by atoms with E-state index in [0.717, 1.165) is 5.69 Å². The standard InChI is InChI=1S/C21H21N/c1-14-4-8-17(9-5-14)20-12-19(22)13-21(16(20)3)18-10-6-15(2)7-11-18/h4-13H,22H2,1-3H3. The summed E-state index contributed by atoms with van der Waals surface area (Å²) in [7, 11) is 0. The molecule has 0 aliphatic heterocycles. The van der Waals surface area contributed by atoms with Gasteiger partial charge in [0.15, 0.2) is 0 Å². The zero-order valence-electron chi connectivity index (χ0n) is 13.4. The van der Waals surface area contributed by atoms with Crippen molar-refractivity contribution in [1.82, 2.24) is 0 Å². The van der Waals surface area contributed by atoms with Crippen LogP contribution in [0.4, 0.5) is 5.69 Å². The van der Waals surface area contributed by atoms with Gasteiger partial charge in [0.05, 0.1) is 0 Å². The first-order valence-electron chi connectivity index (χ1n) is 7.59. The Labute approximate surface area is 132 Å². The first kappa shape index (κ1) is 14.4. The molecule has 0 saturated heterocycles. The van der Waals surface area contributed by atoms with Crippen molar-refractivity contribution in [2.75, 3.05) is 5.73 Å². The normalized spacial score (nSPS) is 10.7. The van der Waals surface area contributed by atoms with Crippen LogP contribution in [-0.2, 0) is 0 Å². The summed E-state index contributed by atoms with van der Waals surface area (Å²) in [5.41, 5.74) is 15.6. The van der Waals surface area contributed by atoms with Crippen molar-refractivity contribution < 1.29 is 0 Å². The number of hydrogen-bond donors (Lipinski definition) is 1. The molecule has 0 radical (unpaired) electrons. The Morgan fingerprint density at radius 2 is 0.955 bits per heavy atom. The van der Waals surface area contributed by atoms with Gasteiger partial charge >= 0.3 is 0 Å². The van der Waals surface area contributed by atoms with Gasteiger partial charge in [0.2, 0.25) is 0 Å². The van der Waals surface area contributed by atoms with E-state index >= 15 is 0 Å². The van der Waals surface area contributed by atoms with E-state index in [2.05, 4.69) is 81.4 Å². The molecule has 3 rings (SSSR count). The minimum absolute atomic E-state index is 0.803. The Balaban J connectivity index is 2.17. The molecular weight excluding hydrogens is 266 g/mol. The van der Waals surface area contributed by atoms with Crippen LogP contribution in [0.2, 0.25) is 0 Å². The summed E-state index contributed by atoms with van der Waals surface area (Å²) >= 11 is 0. The number of rotatable bonds is 2. The highest BCUT2D eigenvalue weighted by atomic mass is 14.5. The lowest BCUT2D eigenvalue weighted by atomic mass is 9.91. The van der Waals surface area contributed by atoms with Crippen molar-refractivity contribution in [3.05, 3.63) is 77.4 Å². The van der Waals surface area contributed by atoms with Gasteiger partial charge in [-0.05, 0) is 60.7 Å². The molecule has 0 unspecified atom stereocenters. The number of benzene rings is 3. The minimum atomic E-state index is 0.803. The van der Waals surface area contributed by atoms with E-state index in [1.165, 1.54) is 38.9 Å². The van der Waals surface area contributed by atoms with Gasteiger partial charge in [-0.2, -0.15) is 0 Å². The Morgan fingerprint density at radius 3 is 1.32 bits per heavy atom. The van der Waals surface area contributed by atoms with Crippen molar-refractivity contribution >= 4 is 5.69 Å². The monoisotopic (exact) mass is 287 g/mol. The molecule has 0 aliphatic carbocycles. The fraction of sp³-hybridized carbons (Fsp3) is 0.143. The molecule has 1 heteroatoms. The van der Waals surface area contributed by atoms with Crippen molar-refractivity contribution in [1.29, 1.82) is 0 Å². The average molecular weight is 287 g/mol. The minimum Gasteiger partial charge on any atom is -0.399 e. The summed E-state index contributed by atoms with van der Waals surface area (Å²) in [6.07, 6.45) is 0. The molecule has 0 atom stereocenters. The summed E-state index contributed by atoms with van der Waals surface area (Å²) in [5.74, 6) is 0. The molecule has 0 amide bonds. The number of aryl methyl sites for hydroxylation is 2. The van der Waals surface area contributed by atoms with Gasteiger partial charge in [0.25, 0.3) is 0 Å². The molecule has 0 heterocycles. The van der Waals surface area contributed by atoms with Gasteiger partial charge < -0.3 is 5.73 Å². The Bertz CT molecular complexity index is 730. The van der Waals surface area contributed by atoms with E-state index in [9.17, 15) is 0 Å². The van der Waals surface area contributed by atoms with Gasteiger partial charge in [0, 0.05) is 5.69 Å². The summed E-state index contributed by atoms with van der Waals surface area (Å²) < 4.78 is 0. The van der Waals surface area contributed by atoms with E-state index in [1.807, 2.05) is 0 Å². The molecule has 0 aromatic heterocycles. The molecule has 2 N–H and O–H groups in total. The van der Waals surface area contributed by atoms with Crippen molar-refractivity contribution in [3.8, 4) is 22.3 Å². The van der Waals surface area contributed by atoms with Crippen LogP contribution in [0.1, 0.15) is 16.7 Å². The zero-order chi connectivity index (χ0) is 15.7. The lowest BCUT2D eigenvalue weighted by Crippen LogP contribution is -1.94. The fourth-order valence-corrected chi connectivity index (χ4v) is 2.80. The van der Waals surface area contributed by atoms with Crippen LogP contribution in [0, 0.1) is 20.8 Å². The maximum atomic E-state index is 6.16. The predicted molar refractivity (Wildman–Crippen MR) is 95.9 cm³/mol. The summed E-state index contributed by atoms with van der Waals surface area (Å²) in [6.45, 7) is 6.38. The largest absolute Gasteiger partial charge is 0.399 e. The third-order valence-corrected chi connectivity index (χ3v) is 4.16. The summed E-state index contributed by atoms with van der Waals surface area (Å²) in [6, 6.07) is 21.4. The lowest BCUT2D eigenvalue weighted by molar-refractivity contribution is 1.41. The summed E-state index contributed by atoms with van der Waals surface area (Å²) in [5, 5.41) is 0. The SMILES string of the molecule is Cc1ccc(-c2cc(N)cc(-c3ccc(C)cc3)c2C)cc1. The molecule has 110 valence electrons. The number of nitrogens with two attached hydrogens (primary N) is 1. The van der Waals surface area contributed by atoms with Crippen molar-refractivity contribution in [3.63, 3.8) is 0 Å². The Hall–Kier alpha value is -2.54. The second-order valence-electron chi connectivity index (χ2n) is 5.97. The molecule has 22 heavy (non-hydrogen) atoms. The Kier molecular flexibility index (Phi) is 3.72. The Morgan fingerprint density at radius 1 is 0.591 bits per heavy atom. The van der Waals surface area contributed by atoms with Crippen LogP contribution >= 0.6 is 0 Å². The molecule has 0 bridgehead atoms. The molecular formula is C21H21N. The molecule has 3 aromatic carbocycles. The first-order valence-corrected chi connectivity index (χ1v) is 7.59. The van der Waals surface area contributed by atoms with Crippen LogP contribution in [0.15, 0.2) is 60.7 Å². The first-order chi connectivity index (χ1) is 10.5. The highest BCUT2D eigenvalue weighted by molar-refractivity contribution is 5.82. The second-order valence-corrected chi connectivity index (χ2v) is 5.97. The van der Waals surface area contributed by atoms with Gasteiger partial charge in [-0.15, -0.1) is 0 Å². The number of hydrogen-bond acceptors (Lipinski definition) is 1. The van der Waals surface area contributed by atoms with E-state index in [1.54, 1.807) is 0 Å². The molecule has 1 nitrogen and oxygen atoms in total. The highest BCUT2D eigenvalue weighted by Gasteiger charge is 2.10. The van der Waals surface area contributed by atoms with Gasteiger partial charge in [-0.25, -0.2) is 0 Å². The third kappa shape index (κ3) is 2.75. The van der Waals surface area contributed by atoms with Crippen LogP contribution in [0.5, 0.6) is 0 Å². The average Bonchev–Trinajstić information content (AvgIpc) is 2.51. The molecule has 0 saturated carbocycles. The van der Waals surface area contributed by atoms with Crippen LogP contribution in [0.25, 0.3) is 22.3 Å². The van der Waals surface area contributed by atoms with Crippen molar-refractivity contribution in [2.45, 2.75) is 20.8 Å². The van der Waals surface area contributed by atoms with E-state index < -0.39 is 0 Å². The van der Waals surface area contributed by atoms with E-state index in [-0.39, 0.29) is 0 Å². The third-order valence-electron chi connectivity index (χ3n) is 4.16. The summed E-state index contributed by atoms with van der Waals surface area (Å²) in [4.78, 5) is 0.